The Hall–Kier alpha value is -1.34. The molecule has 0 aliphatic carbocycles. The first kappa shape index (κ1) is 15.1. The Morgan fingerprint density at radius 2 is 1.95 bits per heavy atom. The van der Waals surface area contributed by atoms with Crippen LogP contribution in [0.1, 0.15) is 20.8 Å². The first-order valence-corrected chi connectivity index (χ1v) is 6.81. The lowest BCUT2D eigenvalue weighted by molar-refractivity contribution is -0.146. The molecule has 2 rings (SSSR count). The van der Waals surface area contributed by atoms with Crippen LogP contribution in [0, 0.1) is 5.92 Å². The maximum atomic E-state index is 12.4. The fourth-order valence-corrected chi connectivity index (χ4v) is 2.96. The van der Waals surface area contributed by atoms with Crippen molar-refractivity contribution in [1.82, 2.24) is 10.2 Å². The number of fused-ring (bicyclic) bond motifs is 1. The molecule has 1 amide bonds. The Bertz CT molecular complexity index is 407. The number of esters is 1. The summed E-state index contributed by atoms with van der Waals surface area (Å²) in [4.78, 5) is 25.8. The number of carbonyl (C=O) groups is 2. The van der Waals surface area contributed by atoms with E-state index < -0.39 is 29.7 Å². The summed E-state index contributed by atoms with van der Waals surface area (Å²) in [7, 11) is 1.30. The van der Waals surface area contributed by atoms with Gasteiger partial charge in [0.15, 0.2) is 0 Å². The van der Waals surface area contributed by atoms with E-state index in [1.807, 2.05) is 0 Å². The minimum atomic E-state index is -0.771. The molecule has 2 saturated heterocycles. The molecule has 0 aromatic heterocycles. The maximum Gasteiger partial charge on any atom is 0.411 e. The van der Waals surface area contributed by atoms with Crippen molar-refractivity contribution in [2.75, 3.05) is 20.2 Å². The summed E-state index contributed by atoms with van der Waals surface area (Å²) >= 11 is 0. The van der Waals surface area contributed by atoms with Crippen LogP contribution in [-0.4, -0.2) is 60.9 Å². The van der Waals surface area contributed by atoms with Gasteiger partial charge in [0.1, 0.15) is 11.6 Å². The molecule has 7 nitrogen and oxygen atoms in total. The van der Waals surface area contributed by atoms with Crippen molar-refractivity contribution in [2.24, 2.45) is 11.7 Å². The predicted molar refractivity (Wildman–Crippen MR) is 72.0 cm³/mol. The molecule has 0 aromatic rings. The monoisotopic (exact) mass is 285 g/mol. The molecule has 0 unspecified atom stereocenters. The molecule has 3 N–H and O–H groups in total. The van der Waals surface area contributed by atoms with E-state index in [0.29, 0.717) is 13.1 Å². The van der Waals surface area contributed by atoms with Crippen LogP contribution in [0.2, 0.25) is 0 Å². The number of hydrogen-bond acceptors (Lipinski definition) is 6. The van der Waals surface area contributed by atoms with Crippen LogP contribution >= 0.6 is 0 Å². The molecule has 2 fully saturated rings. The third-order valence-corrected chi connectivity index (χ3v) is 3.79. The zero-order valence-corrected chi connectivity index (χ0v) is 12.4. The number of methoxy groups -OCH3 is 1. The molecule has 2 aliphatic rings. The highest BCUT2D eigenvalue weighted by atomic mass is 16.6. The number of nitrogens with zero attached hydrogens (tertiary/aromatic N) is 1. The molecular weight excluding hydrogens is 262 g/mol. The number of likely N-dealkylation sites (tertiary alicyclic amines) is 1. The van der Waals surface area contributed by atoms with E-state index in [1.54, 1.807) is 20.8 Å². The molecule has 0 spiro atoms. The van der Waals surface area contributed by atoms with Crippen molar-refractivity contribution in [3.05, 3.63) is 0 Å². The summed E-state index contributed by atoms with van der Waals surface area (Å²) in [6.45, 7) is 6.68. The van der Waals surface area contributed by atoms with Crippen LogP contribution in [0.5, 0.6) is 0 Å². The van der Waals surface area contributed by atoms with Gasteiger partial charge >= 0.3 is 12.1 Å². The molecule has 0 aromatic carbocycles. The van der Waals surface area contributed by atoms with Crippen molar-refractivity contribution < 1.29 is 19.1 Å². The van der Waals surface area contributed by atoms with Gasteiger partial charge in [0.05, 0.1) is 13.2 Å². The minimum absolute atomic E-state index is 0.0478. The minimum Gasteiger partial charge on any atom is -0.467 e. The number of nitrogens with two attached hydrogens (primary N) is 1. The fraction of sp³-hybridized carbons (Fsp3) is 0.846. The highest BCUT2D eigenvalue weighted by molar-refractivity contribution is 5.83. The van der Waals surface area contributed by atoms with Gasteiger partial charge in [-0.05, 0) is 20.8 Å². The lowest BCUT2D eigenvalue weighted by atomic mass is 9.97. The third-order valence-electron chi connectivity index (χ3n) is 3.79. The van der Waals surface area contributed by atoms with Crippen molar-refractivity contribution in [3.8, 4) is 0 Å². The Morgan fingerprint density at radius 3 is 2.50 bits per heavy atom. The van der Waals surface area contributed by atoms with E-state index in [4.69, 9.17) is 15.2 Å². The maximum absolute atomic E-state index is 12.4. The fourth-order valence-electron chi connectivity index (χ4n) is 2.96. The van der Waals surface area contributed by atoms with Crippen LogP contribution in [0.4, 0.5) is 4.79 Å². The molecule has 20 heavy (non-hydrogen) atoms. The van der Waals surface area contributed by atoms with E-state index in [9.17, 15) is 9.59 Å². The highest BCUT2D eigenvalue weighted by Crippen LogP contribution is 2.33. The average Bonchev–Trinajstić information content (AvgIpc) is 2.88. The summed E-state index contributed by atoms with van der Waals surface area (Å²) in [6, 6.07) is -1.33. The first-order valence-electron chi connectivity index (χ1n) is 6.81. The Labute approximate surface area is 118 Å². The summed E-state index contributed by atoms with van der Waals surface area (Å²) in [5.41, 5.74) is 5.52. The van der Waals surface area contributed by atoms with Gasteiger partial charge in [0.2, 0.25) is 0 Å². The van der Waals surface area contributed by atoms with Crippen LogP contribution in [0.3, 0.4) is 0 Å². The molecule has 0 bridgehead atoms. The van der Waals surface area contributed by atoms with Gasteiger partial charge in [-0.1, -0.05) is 0 Å². The van der Waals surface area contributed by atoms with Crippen LogP contribution in [0.15, 0.2) is 0 Å². The SMILES string of the molecule is COC(=O)[C@@H]1[C@@H](N)[C@H]2CNC[C@H]2N1C(=O)OC(C)(C)C. The second kappa shape index (κ2) is 5.21. The lowest BCUT2D eigenvalue weighted by Gasteiger charge is -2.31. The summed E-state index contributed by atoms with van der Waals surface area (Å²) in [5.74, 6) is -0.440. The van der Waals surface area contributed by atoms with Gasteiger partial charge in [-0.25, -0.2) is 9.59 Å². The Balaban J connectivity index is 2.25. The van der Waals surface area contributed by atoms with Gasteiger partial charge in [-0.3, -0.25) is 4.90 Å². The number of hydrogen-bond donors (Lipinski definition) is 2. The lowest BCUT2D eigenvalue weighted by Crippen LogP contribution is -2.53. The molecule has 2 aliphatic heterocycles. The summed E-state index contributed by atoms with van der Waals surface area (Å²) in [5, 5.41) is 3.20. The first-order chi connectivity index (χ1) is 9.26. The second-order valence-corrected chi connectivity index (χ2v) is 6.32. The van der Waals surface area contributed by atoms with E-state index in [-0.39, 0.29) is 12.0 Å². The summed E-state index contributed by atoms with van der Waals surface area (Å²) < 4.78 is 10.2. The standard InChI is InChI=1S/C13H23N3O4/c1-13(2,3)20-12(18)16-8-6-15-5-7(8)9(14)10(16)11(17)19-4/h7-10,15H,5-6,14H2,1-4H3/t7-,8+,9-,10-/m0/s1. The molecule has 4 atom stereocenters. The zero-order valence-electron chi connectivity index (χ0n) is 12.4. The molecule has 0 radical (unpaired) electrons. The van der Waals surface area contributed by atoms with Gasteiger partial charge in [-0.15, -0.1) is 0 Å². The highest BCUT2D eigenvalue weighted by Gasteiger charge is 2.55. The molecule has 0 saturated carbocycles. The Kier molecular flexibility index (Phi) is 3.93. The van der Waals surface area contributed by atoms with Crippen molar-refractivity contribution in [2.45, 2.75) is 44.5 Å². The Morgan fingerprint density at radius 1 is 1.30 bits per heavy atom. The summed E-state index contributed by atoms with van der Waals surface area (Å²) in [6.07, 6.45) is -0.514. The molecule has 114 valence electrons. The van der Waals surface area contributed by atoms with Crippen LogP contribution < -0.4 is 11.1 Å². The number of amides is 1. The topological polar surface area (TPSA) is 93.9 Å². The van der Waals surface area contributed by atoms with Crippen molar-refractivity contribution >= 4 is 12.1 Å². The zero-order chi connectivity index (χ0) is 15.1. The smallest absolute Gasteiger partial charge is 0.411 e. The third kappa shape index (κ3) is 2.60. The van der Waals surface area contributed by atoms with Gasteiger partial charge in [0.25, 0.3) is 0 Å². The van der Waals surface area contributed by atoms with Crippen molar-refractivity contribution in [3.63, 3.8) is 0 Å². The normalized spacial score (nSPS) is 33.0. The molecule has 2 heterocycles. The largest absolute Gasteiger partial charge is 0.467 e. The van der Waals surface area contributed by atoms with E-state index in [1.165, 1.54) is 12.0 Å². The average molecular weight is 285 g/mol. The van der Waals surface area contributed by atoms with Crippen LogP contribution in [-0.2, 0) is 14.3 Å². The van der Waals surface area contributed by atoms with Gasteiger partial charge in [-0.2, -0.15) is 0 Å². The van der Waals surface area contributed by atoms with E-state index >= 15 is 0 Å². The molecule has 7 heteroatoms. The molecular formula is C13H23N3O4. The van der Waals surface area contributed by atoms with E-state index in [2.05, 4.69) is 5.32 Å². The number of rotatable bonds is 1. The second-order valence-electron chi connectivity index (χ2n) is 6.32. The van der Waals surface area contributed by atoms with Crippen molar-refractivity contribution in [1.29, 1.82) is 0 Å². The van der Waals surface area contributed by atoms with Crippen LogP contribution in [0.25, 0.3) is 0 Å². The quantitative estimate of drug-likeness (QED) is 0.642. The number of nitrogens with one attached hydrogen (secondary N) is 1. The number of ether oxygens (including phenoxy) is 2. The van der Waals surface area contributed by atoms with Gasteiger partial charge < -0.3 is 20.5 Å². The van der Waals surface area contributed by atoms with E-state index in [0.717, 1.165) is 0 Å². The van der Waals surface area contributed by atoms with Gasteiger partial charge in [0, 0.05) is 25.0 Å². The number of carbonyl (C=O) groups excluding carboxylic acids is 2. The predicted octanol–water partition coefficient (Wildman–Crippen LogP) is -0.306.